The summed E-state index contributed by atoms with van der Waals surface area (Å²) < 4.78 is 0. The van der Waals surface area contributed by atoms with Gasteiger partial charge >= 0.3 is 0 Å². The predicted octanol–water partition coefficient (Wildman–Crippen LogP) is 2.55. The third-order valence-electron chi connectivity index (χ3n) is 2.86. The number of carbonyl (C=O) groups excluding carboxylic acids is 1. The van der Waals surface area contributed by atoms with Crippen LogP contribution in [0.25, 0.3) is 0 Å². The van der Waals surface area contributed by atoms with Crippen LogP contribution in [0.2, 0.25) is 0 Å². The number of para-hydroxylation sites is 1. The van der Waals surface area contributed by atoms with Gasteiger partial charge in [-0.05, 0) is 18.1 Å². The van der Waals surface area contributed by atoms with Crippen molar-refractivity contribution < 1.29 is 4.79 Å². The lowest BCUT2D eigenvalue weighted by atomic mass is 9.97. The molecule has 0 bridgehead atoms. The number of thiocarbonyl (C=S) groups is 1. The average molecular weight is 250 g/mol. The fourth-order valence-corrected chi connectivity index (χ4v) is 1.53. The zero-order chi connectivity index (χ0) is 13.0. The largest absolute Gasteiger partial charge is 0.389 e. The summed E-state index contributed by atoms with van der Waals surface area (Å²) in [4.78, 5) is 12.2. The fourth-order valence-electron chi connectivity index (χ4n) is 1.36. The van der Waals surface area contributed by atoms with Crippen molar-refractivity contribution >= 4 is 28.8 Å². The van der Waals surface area contributed by atoms with Crippen LogP contribution in [0, 0.1) is 11.8 Å². The van der Waals surface area contributed by atoms with Gasteiger partial charge in [0.05, 0.1) is 5.69 Å². The molecule has 1 amide bonds. The van der Waals surface area contributed by atoms with Gasteiger partial charge in [0.15, 0.2) is 0 Å². The number of nitrogens with two attached hydrogens (primary N) is 1. The van der Waals surface area contributed by atoms with Crippen molar-refractivity contribution in [3.63, 3.8) is 0 Å². The summed E-state index contributed by atoms with van der Waals surface area (Å²) in [6, 6.07) is 7.30. The predicted molar refractivity (Wildman–Crippen MR) is 75.0 cm³/mol. The lowest BCUT2D eigenvalue weighted by Crippen LogP contribution is -2.25. The molecular weight excluding hydrogens is 232 g/mol. The molecule has 1 aromatic carbocycles. The average Bonchev–Trinajstić information content (AvgIpc) is 2.28. The molecule has 0 fully saturated rings. The van der Waals surface area contributed by atoms with Crippen LogP contribution in [-0.2, 0) is 4.79 Å². The van der Waals surface area contributed by atoms with Gasteiger partial charge in [-0.25, -0.2) is 0 Å². The number of anilines is 1. The van der Waals surface area contributed by atoms with Gasteiger partial charge < -0.3 is 11.1 Å². The van der Waals surface area contributed by atoms with Crippen LogP contribution in [0.1, 0.15) is 26.3 Å². The second kappa shape index (κ2) is 5.77. The first kappa shape index (κ1) is 13.6. The van der Waals surface area contributed by atoms with Gasteiger partial charge in [-0.15, -0.1) is 0 Å². The van der Waals surface area contributed by atoms with Gasteiger partial charge in [0, 0.05) is 11.5 Å². The number of rotatable bonds is 4. The molecule has 3 nitrogen and oxygen atoms in total. The Labute approximate surface area is 107 Å². The van der Waals surface area contributed by atoms with Gasteiger partial charge in [-0.1, -0.05) is 45.1 Å². The maximum absolute atomic E-state index is 11.9. The number of amides is 1. The molecule has 0 spiro atoms. The van der Waals surface area contributed by atoms with Crippen LogP contribution in [0.3, 0.4) is 0 Å². The Bertz CT molecular complexity index is 429. The highest BCUT2D eigenvalue weighted by atomic mass is 32.1. The van der Waals surface area contributed by atoms with Gasteiger partial charge in [-0.3, -0.25) is 4.79 Å². The van der Waals surface area contributed by atoms with E-state index in [-0.39, 0.29) is 16.8 Å². The summed E-state index contributed by atoms with van der Waals surface area (Å²) in [6.07, 6.45) is 0. The fraction of sp³-hybridized carbons (Fsp3) is 0.385. The molecule has 0 aliphatic heterocycles. The first-order valence-corrected chi connectivity index (χ1v) is 6.04. The maximum atomic E-state index is 11.9. The van der Waals surface area contributed by atoms with Gasteiger partial charge in [0.2, 0.25) is 5.91 Å². The van der Waals surface area contributed by atoms with Crippen molar-refractivity contribution in [3.05, 3.63) is 29.8 Å². The molecule has 1 unspecified atom stereocenters. The van der Waals surface area contributed by atoms with Crippen LogP contribution in [0.5, 0.6) is 0 Å². The van der Waals surface area contributed by atoms with Gasteiger partial charge in [0.1, 0.15) is 4.99 Å². The minimum atomic E-state index is -0.0468. The molecule has 1 atom stereocenters. The van der Waals surface area contributed by atoms with Crippen LogP contribution >= 0.6 is 12.2 Å². The second-order valence-corrected chi connectivity index (χ2v) is 4.87. The van der Waals surface area contributed by atoms with Crippen molar-refractivity contribution in [1.29, 1.82) is 0 Å². The Kier molecular flexibility index (Phi) is 4.63. The molecule has 4 heteroatoms. The summed E-state index contributed by atoms with van der Waals surface area (Å²) in [5, 5.41) is 2.87. The summed E-state index contributed by atoms with van der Waals surface area (Å²) in [5.41, 5.74) is 6.99. The Morgan fingerprint density at radius 1 is 1.29 bits per heavy atom. The molecule has 3 N–H and O–H groups in total. The monoisotopic (exact) mass is 250 g/mol. The molecule has 0 saturated carbocycles. The topological polar surface area (TPSA) is 55.1 Å². The summed E-state index contributed by atoms with van der Waals surface area (Å²) in [6.45, 7) is 5.94. The number of benzene rings is 1. The number of nitrogens with one attached hydrogen (secondary N) is 1. The summed E-state index contributed by atoms with van der Waals surface area (Å²) in [5.74, 6) is 0.241. The van der Waals surface area contributed by atoms with E-state index in [1.807, 2.05) is 32.9 Å². The molecule has 17 heavy (non-hydrogen) atoms. The smallest absolute Gasteiger partial charge is 0.227 e. The highest BCUT2D eigenvalue weighted by Crippen LogP contribution is 2.18. The number of hydrogen-bond donors (Lipinski definition) is 2. The molecular formula is C13H18N2OS. The van der Waals surface area contributed by atoms with Crippen LogP contribution in [0.15, 0.2) is 24.3 Å². The van der Waals surface area contributed by atoms with E-state index in [4.69, 9.17) is 18.0 Å². The minimum absolute atomic E-state index is 0.0105. The Balaban J connectivity index is 2.89. The Morgan fingerprint density at radius 2 is 1.88 bits per heavy atom. The summed E-state index contributed by atoms with van der Waals surface area (Å²) >= 11 is 4.95. The Morgan fingerprint density at radius 3 is 2.41 bits per heavy atom. The molecule has 0 saturated heterocycles. The van der Waals surface area contributed by atoms with E-state index >= 15 is 0 Å². The Hall–Kier alpha value is -1.42. The summed E-state index contributed by atoms with van der Waals surface area (Å²) in [7, 11) is 0. The molecule has 0 heterocycles. The van der Waals surface area contributed by atoms with E-state index in [0.29, 0.717) is 17.2 Å². The van der Waals surface area contributed by atoms with E-state index in [9.17, 15) is 4.79 Å². The molecule has 92 valence electrons. The molecule has 0 aliphatic carbocycles. The van der Waals surface area contributed by atoms with Crippen molar-refractivity contribution in [2.75, 3.05) is 5.32 Å². The first-order valence-electron chi connectivity index (χ1n) is 5.63. The molecule has 0 radical (unpaired) electrons. The zero-order valence-electron chi connectivity index (χ0n) is 10.4. The third kappa shape index (κ3) is 3.53. The highest BCUT2D eigenvalue weighted by Gasteiger charge is 2.17. The van der Waals surface area contributed by atoms with Gasteiger partial charge in [-0.2, -0.15) is 0 Å². The van der Waals surface area contributed by atoms with Crippen molar-refractivity contribution in [1.82, 2.24) is 0 Å². The van der Waals surface area contributed by atoms with Gasteiger partial charge in [0.25, 0.3) is 0 Å². The molecule has 1 aromatic rings. The minimum Gasteiger partial charge on any atom is -0.389 e. The van der Waals surface area contributed by atoms with Crippen LogP contribution < -0.4 is 11.1 Å². The van der Waals surface area contributed by atoms with Crippen molar-refractivity contribution in [2.24, 2.45) is 17.6 Å². The molecule has 0 aliphatic rings. The number of carbonyl (C=O) groups is 1. The molecule has 0 aromatic heterocycles. The van der Waals surface area contributed by atoms with E-state index in [0.717, 1.165) is 0 Å². The zero-order valence-corrected chi connectivity index (χ0v) is 11.2. The van der Waals surface area contributed by atoms with Crippen LogP contribution in [-0.4, -0.2) is 10.9 Å². The first-order chi connectivity index (χ1) is 7.93. The standard InChI is InChI=1S/C13H18N2OS/c1-8(2)9(3)13(16)15-11-7-5-4-6-10(11)12(14)17/h4-9H,1-3H3,(H2,14,17)(H,15,16). The van der Waals surface area contributed by atoms with Crippen molar-refractivity contribution in [3.8, 4) is 0 Å². The second-order valence-electron chi connectivity index (χ2n) is 4.43. The van der Waals surface area contributed by atoms with E-state index in [2.05, 4.69) is 5.32 Å². The van der Waals surface area contributed by atoms with Crippen molar-refractivity contribution in [2.45, 2.75) is 20.8 Å². The van der Waals surface area contributed by atoms with E-state index in [1.165, 1.54) is 0 Å². The lowest BCUT2D eigenvalue weighted by molar-refractivity contribution is -0.120. The third-order valence-corrected chi connectivity index (χ3v) is 3.08. The van der Waals surface area contributed by atoms with E-state index in [1.54, 1.807) is 12.1 Å². The normalized spacial score (nSPS) is 12.2. The highest BCUT2D eigenvalue weighted by molar-refractivity contribution is 7.80. The lowest BCUT2D eigenvalue weighted by Gasteiger charge is -2.16. The molecule has 1 rings (SSSR count). The van der Waals surface area contributed by atoms with Crippen LogP contribution in [0.4, 0.5) is 5.69 Å². The SMILES string of the molecule is CC(C)C(C)C(=O)Nc1ccccc1C(N)=S. The van der Waals surface area contributed by atoms with E-state index < -0.39 is 0 Å². The number of hydrogen-bond acceptors (Lipinski definition) is 2. The quantitative estimate of drug-likeness (QED) is 0.807. The maximum Gasteiger partial charge on any atom is 0.227 e.